The average Bonchev–Trinajstić information content (AvgIpc) is 2.93. The van der Waals surface area contributed by atoms with Gasteiger partial charge in [0.15, 0.2) is 0 Å². The number of halogens is 1. The van der Waals surface area contributed by atoms with E-state index in [4.69, 9.17) is 0 Å². The summed E-state index contributed by atoms with van der Waals surface area (Å²) in [5.74, 6) is -0.693. The van der Waals surface area contributed by atoms with E-state index >= 15 is 0 Å². The Morgan fingerprint density at radius 1 is 1.11 bits per heavy atom. The molecule has 0 aliphatic carbocycles. The van der Waals surface area contributed by atoms with Gasteiger partial charge in [-0.25, -0.2) is 4.39 Å². The first-order valence-electron chi connectivity index (χ1n) is 9.38. The van der Waals surface area contributed by atoms with E-state index in [1.165, 1.54) is 29.8 Å². The molecule has 0 radical (unpaired) electrons. The van der Waals surface area contributed by atoms with Crippen molar-refractivity contribution in [2.75, 3.05) is 0 Å². The number of benzene rings is 2. The summed E-state index contributed by atoms with van der Waals surface area (Å²) in [5.41, 5.74) is 0.795. The Morgan fingerprint density at radius 2 is 1.74 bits per heavy atom. The molecule has 4 nitrogen and oxygen atoms in total. The van der Waals surface area contributed by atoms with Gasteiger partial charge < -0.3 is 5.32 Å². The van der Waals surface area contributed by atoms with E-state index < -0.39 is 5.54 Å². The number of piperidine rings is 1. The number of carbonyl (C=O) groups is 1. The van der Waals surface area contributed by atoms with Crippen molar-refractivity contribution in [1.82, 2.24) is 10.2 Å². The predicted molar refractivity (Wildman–Crippen MR) is 100 cm³/mol. The Kier molecular flexibility index (Phi) is 4.67. The van der Waals surface area contributed by atoms with Crippen LogP contribution in [0.4, 0.5) is 4.39 Å². The van der Waals surface area contributed by atoms with Crippen molar-refractivity contribution in [3.63, 3.8) is 0 Å². The van der Waals surface area contributed by atoms with Crippen LogP contribution in [0.1, 0.15) is 41.6 Å². The van der Waals surface area contributed by atoms with E-state index in [0.717, 1.165) is 19.4 Å². The monoisotopic (exact) mass is 363 g/mol. The van der Waals surface area contributed by atoms with Gasteiger partial charge in [0.2, 0.25) is 0 Å². The molecule has 2 aliphatic rings. The minimum atomic E-state index is -0.857. The fourth-order valence-electron chi connectivity index (χ4n) is 4.51. The lowest BCUT2D eigenvalue weighted by Crippen LogP contribution is -2.58. The molecule has 3 atom stereocenters. The third kappa shape index (κ3) is 3.58. The first-order valence-corrected chi connectivity index (χ1v) is 9.38. The molecule has 1 N–H and O–H groups in total. The van der Waals surface area contributed by atoms with Crippen LogP contribution in [0.3, 0.4) is 0 Å². The second kappa shape index (κ2) is 7.13. The topological polar surface area (TPSA) is 56.1 Å². The third-order valence-electron chi connectivity index (χ3n) is 5.82. The summed E-state index contributed by atoms with van der Waals surface area (Å²) in [6.45, 7) is 0.879. The lowest BCUT2D eigenvalue weighted by atomic mass is 9.83. The Balaban J connectivity index is 1.48. The zero-order chi connectivity index (χ0) is 18.9. The molecule has 27 heavy (non-hydrogen) atoms. The third-order valence-corrected chi connectivity index (χ3v) is 5.82. The van der Waals surface area contributed by atoms with Crippen LogP contribution >= 0.6 is 0 Å². The van der Waals surface area contributed by atoms with Gasteiger partial charge in [0.1, 0.15) is 11.4 Å². The maximum absolute atomic E-state index is 13.1. The van der Waals surface area contributed by atoms with E-state index in [-0.39, 0.29) is 23.8 Å². The van der Waals surface area contributed by atoms with Crippen LogP contribution < -0.4 is 5.32 Å². The van der Waals surface area contributed by atoms with Gasteiger partial charge in [0.25, 0.3) is 5.91 Å². The molecule has 2 bridgehead atoms. The summed E-state index contributed by atoms with van der Waals surface area (Å²) in [4.78, 5) is 15.1. The Labute approximate surface area is 158 Å². The standard InChI is InChI=1S/C22H22FN3O/c23-18-8-6-17(7-9-18)21(27)25-22(15-24)12-19-10-11-20(13-22)26(19)14-16-4-2-1-3-5-16/h1-9,19-20H,10-14H2,(H,25,27)/t19-,20+,22?. The number of nitriles is 1. The van der Waals surface area contributed by atoms with E-state index in [9.17, 15) is 14.4 Å². The normalized spacial score (nSPS) is 27.1. The molecule has 1 unspecified atom stereocenters. The zero-order valence-corrected chi connectivity index (χ0v) is 15.1. The molecule has 0 aromatic heterocycles. The lowest BCUT2D eigenvalue weighted by molar-refractivity contribution is 0.0702. The predicted octanol–water partition coefficient (Wildman–Crippen LogP) is 3.64. The number of amides is 1. The summed E-state index contributed by atoms with van der Waals surface area (Å²) in [7, 11) is 0. The molecule has 2 heterocycles. The molecule has 4 rings (SSSR count). The van der Waals surface area contributed by atoms with Crippen molar-refractivity contribution in [2.24, 2.45) is 0 Å². The molecule has 2 aromatic carbocycles. The number of hydrogen-bond donors (Lipinski definition) is 1. The number of nitrogens with one attached hydrogen (secondary N) is 1. The molecule has 2 aromatic rings. The van der Waals surface area contributed by atoms with E-state index in [1.54, 1.807) is 0 Å². The SMILES string of the molecule is N#CC1(NC(=O)c2ccc(F)cc2)C[C@H]2CC[C@@H](C1)N2Cc1ccccc1. The summed E-state index contributed by atoms with van der Waals surface area (Å²) in [6, 6.07) is 18.8. The number of fused-ring (bicyclic) bond motifs is 2. The highest BCUT2D eigenvalue weighted by atomic mass is 19.1. The average molecular weight is 363 g/mol. The second-order valence-electron chi connectivity index (χ2n) is 7.61. The van der Waals surface area contributed by atoms with Gasteiger partial charge in [-0.1, -0.05) is 30.3 Å². The molecule has 0 spiro atoms. The van der Waals surface area contributed by atoms with Crippen LogP contribution in [0.25, 0.3) is 0 Å². The van der Waals surface area contributed by atoms with Crippen LogP contribution in [0.15, 0.2) is 54.6 Å². The molecule has 5 heteroatoms. The molecule has 138 valence electrons. The number of carbonyl (C=O) groups excluding carboxylic acids is 1. The van der Waals surface area contributed by atoms with E-state index in [0.29, 0.717) is 18.4 Å². The van der Waals surface area contributed by atoms with Crippen LogP contribution in [-0.2, 0) is 6.54 Å². The van der Waals surface area contributed by atoms with Crippen LogP contribution in [-0.4, -0.2) is 28.4 Å². The molecule has 1 amide bonds. The molecule has 2 fully saturated rings. The quantitative estimate of drug-likeness (QED) is 0.902. The van der Waals surface area contributed by atoms with Crippen LogP contribution in [0.5, 0.6) is 0 Å². The summed E-state index contributed by atoms with van der Waals surface area (Å²) in [6.07, 6.45) is 3.35. The minimum Gasteiger partial charge on any atom is -0.334 e. The summed E-state index contributed by atoms with van der Waals surface area (Å²) >= 11 is 0. The van der Waals surface area contributed by atoms with Crippen LogP contribution in [0, 0.1) is 17.1 Å². The highest BCUT2D eigenvalue weighted by molar-refractivity contribution is 5.94. The molecule has 0 saturated carbocycles. The smallest absolute Gasteiger partial charge is 0.252 e. The van der Waals surface area contributed by atoms with Crippen molar-refractivity contribution in [1.29, 1.82) is 5.26 Å². The Bertz CT molecular complexity index is 845. The van der Waals surface area contributed by atoms with Crippen molar-refractivity contribution in [3.8, 4) is 6.07 Å². The Morgan fingerprint density at radius 3 is 2.33 bits per heavy atom. The van der Waals surface area contributed by atoms with Crippen molar-refractivity contribution >= 4 is 5.91 Å². The van der Waals surface area contributed by atoms with Gasteiger partial charge in [-0.2, -0.15) is 5.26 Å². The molecular weight excluding hydrogens is 341 g/mol. The fraction of sp³-hybridized carbons (Fsp3) is 0.364. The molecule has 2 aliphatic heterocycles. The molecular formula is C22H22FN3O. The number of nitrogens with zero attached hydrogens (tertiary/aromatic N) is 2. The maximum Gasteiger partial charge on any atom is 0.252 e. The minimum absolute atomic E-state index is 0.289. The number of rotatable bonds is 4. The highest BCUT2D eigenvalue weighted by Gasteiger charge is 2.49. The number of hydrogen-bond acceptors (Lipinski definition) is 3. The first kappa shape index (κ1) is 17.7. The van der Waals surface area contributed by atoms with Crippen LogP contribution in [0.2, 0.25) is 0 Å². The largest absolute Gasteiger partial charge is 0.334 e. The fourth-order valence-corrected chi connectivity index (χ4v) is 4.51. The van der Waals surface area contributed by atoms with Crippen molar-refractivity contribution in [3.05, 3.63) is 71.5 Å². The maximum atomic E-state index is 13.1. The van der Waals surface area contributed by atoms with Gasteiger partial charge >= 0.3 is 0 Å². The summed E-state index contributed by atoms with van der Waals surface area (Å²) in [5, 5.41) is 12.8. The lowest BCUT2D eigenvalue weighted by Gasteiger charge is -2.43. The highest BCUT2D eigenvalue weighted by Crippen LogP contribution is 2.41. The van der Waals surface area contributed by atoms with Gasteiger partial charge in [-0.15, -0.1) is 0 Å². The van der Waals surface area contributed by atoms with E-state index in [1.807, 2.05) is 18.2 Å². The van der Waals surface area contributed by atoms with Gasteiger partial charge in [0, 0.05) is 24.2 Å². The zero-order valence-electron chi connectivity index (χ0n) is 15.1. The van der Waals surface area contributed by atoms with Gasteiger partial charge in [-0.3, -0.25) is 9.69 Å². The second-order valence-corrected chi connectivity index (χ2v) is 7.61. The van der Waals surface area contributed by atoms with Gasteiger partial charge in [-0.05, 0) is 55.5 Å². The van der Waals surface area contributed by atoms with Gasteiger partial charge in [0.05, 0.1) is 6.07 Å². The molecule has 2 saturated heterocycles. The van der Waals surface area contributed by atoms with Crippen molar-refractivity contribution < 1.29 is 9.18 Å². The van der Waals surface area contributed by atoms with E-state index in [2.05, 4.69) is 28.4 Å². The first-order chi connectivity index (χ1) is 13.1. The Hall–Kier alpha value is -2.71. The van der Waals surface area contributed by atoms with Crippen molar-refractivity contribution in [2.45, 2.75) is 49.9 Å². The summed E-state index contributed by atoms with van der Waals surface area (Å²) < 4.78 is 13.1.